The van der Waals surface area contributed by atoms with Crippen molar-refractivity contribution in [2.45, 2.75) is 51.9 Å². The third-order valence-corrected chi connectivity index (χ3v) is 8.43. The summed E-state index contributed by atoms with van der Waals surface area (Å²) in [5.74, 6) is -0.432. The summed E-state index contributed by atoms with van der Waals surface area (Å²) in [6, 6.07) is 6.13. The van der Waals surface area contributed by atoms with Gasteiger partial charge >= 0.3 is 6.01 Å². The molecule has 9 heteroatoms. The minimum atomic E-state index is -0.640. The van der Waals surface area contributed by atoms with E-state index in [0.29, 0.717) is 46.1 Å². The third kappa shape index (κ3) is 5.39. The molecule has 0 atom stereocenters. The molecule has 1 aliphatic carbocycles. The van der Waals surface area contributed by atoms with Crippen LogP contribution in [0.25, 0.3) is 32.9 Å². The minimum Gasteiger partial charge on any atom is -0.508 e. The Kier molecular flexibility index (Phi) is 7.40. The molecule has 0 amide bonds. The van der Waals surface area contributed by atoms with Crippen molar-refractivity contribution < 1.29 is 18.6 Å². The van der Waals surface area contributed by atoms with E-state index in [1.54, 1.807) is 18.3 Å². The fourth-order valence-electron chi connectivity index (χ4n) is 6.24. The lowest BCUT2D eigenvalue weighted by atomic mass is 9.94. The molecule has 2 fully saturated rings. The van der Waals surface area contributed by atoms with Crippen molar-refractivity contribution in [2.24, 2.45) is 5.41 Å². The maximum absolute atomic E-state index is 16.6. The highest BCUT2D eigenvalue weighted by Gasteiger charge is 2.44. The number of hydrogen-bond acceptors (Lipinski definition) is 7. The van der Waals surface area contributed by atoms with Gasteiger partial charge < -0.3 is 19.6 Å². The number of hydrogen-bond donors (Lipinski definition) is 1. The fourth-order valence-corrected chi connectivity index (χ4v) is 6.24. The molecule has 4 aromatic rings. The van der Waals surface area contributed by atoms with Gasteiger partial charge in [-0.2, -0.15) is 9.97 Å². The number of halogens is 2. The molecule has 0 unspecified atom stereocenters. The van der Waals surface area contributed by atoms with E-state index in [1.165, 1.54) is 12.1 Å². The van der Waals surface area contributed by atoms with Crippen LogP contribution in [0.2, 0.25) is 0 Å². The molecule has 0 spiro atoms. The molecule has 1 aliphatic heterocycles. The molecule has 216 valence electrons. The molecule has 2 aliphatic rings. The van der Waals surface area contributed by atoms with Gasteiger partial charge in [-0.1, -0.05) is 25.8 Å². The van der Waals surface area contributed by atoms with Gasteiger partial charge in [0.05, 0.1) is 12.0 Å². The number of benzene rings is 2. The largest absolute Gasteiger partial charge is 0.508 e. The predicted octanol–water partition coefficient (Wildman–Crippen LogP) is 6.49. The highest BCUT2D eigenvalue weighted by atomic mass is 19.1. The van der Waals surface area contributed by atoms with E-state index in [-0.39, 0.29) is 34.2 Å². The molecule has 1 saturated heterocycles. The highest BCUT2D eigenvalue weighted by Crippen LogP contribution is 2.46. The molecule has 0 radical (unpaired) electrons. The van der Waals surface area contributed by atoms with Crippen molar-refractivity contribution in [3.05, 3.63) is 47.7 Å². The van der Waals surface area contributed by atoms with E-state index >= 15 is 4.39 Å². The quantitative estimate of drug-likeness (QED) is 0.264. The molecule has 6 rings (SSSR count). The van der Waals surface area contributed by atoms with Crippen LogP contribution in [0.15, 0.2) is 30.5 Å². The van der Waals surface area contributed by atoms with Crippen molar-refractivity contribution >= 4 is 27.5 Å². The summed E-state index contributed by atoms with van der Waals surface area (Å²) in [5, 5.41) is 12.2. The van der Waals surface area contributed by atoms with E-state index in [4.69, 9.17) is 9.72 Å². The van der Waals surface area contributed by atoms with Crippen molar-refractivity contribution in [3.63, 3.8) is 0 Å². The van der Waals surface area contributed by atoms with Gasteiger partial charge in [0, 0.05) is 36.8 Å². The van der Waals surface area contributed by atoms with Gasteiger partial charge in [0.1, 0.15) is 28.6 Å². The van der Waals surface area contributed by atoms with Crippen LogP contribution in [0, 0.1) is 17.0 Å². The number of aromatic nitrogens is 3. The Morgan fingerprint density at radius 3 is 2.49 bits per heavy atom. The first-order chi connectivity index (χ1) is 19.8. The van der Waals surface area contributed by atoms with Crippen molar-refractivity contribution in [1.82, 2.24) is 19.9 Å². The lowest BCUT2D eigenvalue weighted by molar-refractivity contribution is 0.183. The maximum atomic E-state index is 16.6. The summed E-state index contributed by atoms with van der Waals surface area (Å²) in [4.78, 5) is 18.3. The zero-order valence-corrected chi connectivity index (χ0v) is 24.0. The van der Waals surface area contributed by atoms with Crippen molar-refractivity contribution in [3.8, 4) is 23.0 Å². The molecule has 2 aromatic heterocycles. The Balaban J connectivity index is 1.51. The highest BCUT2D eigenvalue weighted by molar-refractivity contribution is 6.01. The molecular weight excluding hydrogens is 524 g/mol. The first-order valence-corrected chi connectivity index (χ1v) is 14.6. The van der Waals surface area contributed by atoms with Gasteiger partial charge in [0.25, 0.3) is 0 Å². The van der Waals surface area contributed by atoms with Crippen LogP contribution >= 0.6 is 0 Å². The standard InChI is InChI=1S/C32H37F2N5O2/c1-4-22-25(33)10-9-20-15-21(40)16-23(26(20)22)28-27(34)29-24(17-35-28)30(39-13-7-5-6-8-14-39)37-31(36-29)41-19-32(11-12-32)18-38(2)3/h9-10,15-17,40H,4-8,11-14,18-19H2,1-3H3. The molecule has 1 saturated carbocycles. The molecule has 41 heavy (non-hydrogen) atoms. The second-order valence-corrected chi connectivity index (χ2v) is 11.9. The number of aryl methyl sites for hydroxylation is 1. The van der Waals surface area contributed by atoms with Gasteiger partial charge in [-0.15, -0.1) is 0 Å². The number of ether oxygens (including phenoxy) is 1. The van der Waals surface area contributed by atoms with Crippen molar-refractivity contribution in [1.29, 1.82) is 0 Å². The topological polar surface area (TPSA) is 74.6 Å². The van der Waals surface area contributed by atoms with Crippen LogP contribution in [-0.2, 0) is 6.42 Å². The lowest BCUT2D eigenvalue weighted by Crippen LogP contribution is -2.28. The fraction of sp³-hybridized carbons (Fsp3) is 0.469. The van der Waals surface area contributed by atoms with Gasteiger partial charge in [0.15, 0.2) is 5.82 Å². The molecule has 7 nitrogen and oxygen atoms in total. The number of rotatable bonds is 8. The van der Waals surface area contributed by atoms with E-state index in [1.807, 2.05) is 6.92 Å². The number of nitrogens with zero attached hydrogens (tertiary/aromatic N) is 5. The number of phenols is 1. The van der Waals surface area contributed by atoms with Crippen molar-refractivity contribution in [2.75, 3.05) is 45.2 Å². The number of aromatic hydroxyl groups is 1. The smallest absolute Gasteiger partial charge is 0.319 e. The molecule has 3 heterocycles. The van der Waals surface area contributed by atoms with Gasteiger partial charge in [0.2, 0.25) is 0 Å². The van der Waals surface area contributed by atoms with Crippen LogP contribution in [0.5, 0.6) is 11.8 Å². The van der Waals surface area contributed by atoms with E-state index in [9.17, 15) is 9.50 Å². The summed E-state index contributed by atoms with van der Waals surface area (Å²) in [6.07, 6.45) is 8.50. The zero-order valence-electron chi connectivity index (χ0n) is 24.0. The Labute approximate surface area is 239 Å². The monoisotopic (exact) mass is 561 g/mol. The van der Waals surface area contributed by atoms with Crippen LogP contribution in [0.4, 0.5) is 14.6 Å². The molecule has 2 aromatic carbocycles. The number of pyridine rings is 1. The normalized spacial score (nSPS) is 16.9. The zero-order chi connectivity index (χ0) is 28.7. The van der Waals surface area contributed by atoms with Gasteiger partial charge in [-0.05, 0) is 80.7 Å². The van der Waals surface area contributed by atoms with E-state index in [2.05, 4.69) is 33.9 Å². The Hall–Kier alpha value is -3.59. The van der Waals surface area contributed by atoms with Crippen LogP contribution in [-0.4, -0.2) is 65.3 Å². The van der Waals surface area contributed by atoms with Crippen LogP contribution < -0.4 is 9.64 Å². The van der Waals surface area contributed by atoms with Crippen LogP contribution in [0.1, 0.15) is 51.0 Å². The van der Waals surface area contributed by atoms with Gasteiger partial charge in [-0.25, -0.2) is 8.78 Å². The number of phenolic OH excluding ortho intramolecular Hbond substituents is 1. The Morgan fingerprint density at radius 1 is 1.05 bits per heavy atom. The predicted molar refractivity (Wildman–Crippen MR) is 158 cm³/mol. The van der Waals surface area contributed by atoms with Crippen LogP contribution in [0.3, 0.4) is 0 Å². The lowest BCUT2D eigenvalue weighted by Gasteiger charge is -2.24. The SMILES string of the molecule is CCc1c(F)ccc2cc(O)cc(-c3ncc4c(N5CCCCCC5)nc(OCC5(CN(C)C)CC5)nc4c3F)c12. The summed E-state index contributed by atoms with van der Waals surface area (Å²) in [6.45, 7) is 4.85. The molecular formula is C32H37F2N5O2. The first-order valence-electron chi connectivity index (χ1n) is 14.6. The summed E-state index contributed by atoms with van der Waals surface area (Å²) >= 11 is 0. The Morgan fingerprint density at radius 2 is 1.80 bits per heavy atom. The summed E-state index contributed by atoms with van der Waals surface area (Å²) in [7, 11) is 4.10. The molecule has 1 N–H and O–H groups in total. The second kappa shape index (κ2) is 11.0. The van der Waals surface area contributed by atoms with E-state index < -0.39 is 5.82 Å². The minimum absolute atomic E-state index is 0.0106. The number of fused-ring (bicyclic) bond motifs is 2. The van der Waals surface area contributed by atoms with E-state index in [0.717, 1.165) is 58.2 Å². The average Bonchev–Trinajstić information content (AvgIpc) is 3.75. The Bertz CT molecular complexity index is 1600. The maximum Gasteiger partial charge on any atom is 0.319 e. The summed E-state index contributed by atoms with van der Waals surface area (Å²) in [5.41, 5.74) is 0.967. The average molecular weight is 562 g/mol. The second-order valence-electron chi connectivity index (χ2n) is 11.9. The molecule has 0 bridgehead atoms. The summed E-state index contributed by atoms with van der Waals surface area (Å²) < 4.78 is 37.7. The third-order valence-electron chi connectivity index (χ3n) is 8.43. The van der Waals surface area contributed by atoms with Gasteiger partial charge in [-0.3, -0.25) is 4.98 Å². The number of anilines is 1. The first kappa shape index (κ1) is 27.6.